The molecule has 2 heterocycles. The lowest BCUT2D eigenvalue weighted by atomic mass is 10.1. The summed E-state index contributed by atoms with van der Waals surface area (Å²) in [6.45, 7) is 2.96. The topological polar surface area (TPSA) is 37.3 Å². The van der Waals surface area contributed by atoms with E-state index in [0.29, 0.717) is 10.8 Å². The molecule has 1 fully saturated rings. The van der Waals surface area contributed by atoms with Gasteiger partial charge in [0.25, 0.3) is 5.91 Å². The molecule has 27 heavy (non-hydrogen) atoms. The van der Waals surface area contributed by atoms with Gasteiger partial charge in [-0.05, 0) is 35.8 Å². The predicted molar refractivity (Wildman–Crippen MR) is 113 cm³/mol. The first-order chi connectivity index (χ1) is 13.1. The van der Waals surface area contributed by atoms with Gasteiger partial charge in [0.05, 0.1) is 5.52 Å². The first-order valence-electron chi connectivity index (χ1n) is 9.04. The zero-order chi connectivity index (χ0) is 19.0. The first kappa shape index (κ1) is 17.5. The number of nitrogens with zero attached hydrogens (tertiary/aromatic N) is 2. The van der Waals surface area contributed by atoms with E-state index in [1.807, 2.05) is 12.1 Å². The van der Waals surface area contributed by atoms with Gasteiger partial charge >= 0.3 is 0 Å². The molecule has 5 heteroatoms. The molecule has 1 aromatic heterocycles. The number of benzene rings is 2. The second kappa shape index (κ2) is 7.00. The third-order valence-corrected chi connectivity index (χ3v) is 5.35. The van der Waals surface area contributed by atoms with Crippen LogP contribution in [0, 0.1) is 0 Å². The maximum absolute atomic E-state index is 12.4. The Bertz CT molecular complexity index is 1070. The number of carbonyl (C=O) groups is 1. The van der Waals surface area contributed by atoms with Crippen LogP contribution in [0.3, 0.4) is 0 Å². The van der Waals surface area contributed by atoms with Gasteiger partial charge in [-0.25, -0.2) is 0 Å². The number of fused-ring (bicyclic) bond motifs is 1. The Labute approximate surface area is 164 Å². The van der Waals surface area contributed by atoms with Crippen molar-refractivity contribution >= 4 is 40.2 Å². The summed E-state index contributed by atoms with van der Waals surface area (Å²) in [5.41, 5.74) is 5.30. The number of carbonyl (C=O) groups excluding carboxylic acids is 1. The number of hydrogen-bond acceptors (Lipinski definition) is 2. The number of aryl methyl sites for hydroxylation is 1. The highest BCUT2D eigenvalue weighted by atomic mass is 32.1. The molecule has 0 unspecified atom stereocenters. The molecular formula is C22H21N3OS. The molecule has 1 amide bonds. The van der Waals surface area contributed by atoms with Crippen LogP contribution in [-0.4, -0.2) is 27.5 Å². The minimum atomic E-state index is -0.101. The van der Waals surface area contributed by atoms with Gasteiger partial charge in [0.15, 0.2) is 5.11 Å². The maximum atomic E-state index is 12.4. The van der Waals surface area contributed by atoms with Crippen LogP contribution in [0.5, 0.6) is 0 Å². The predicted octanol–water partition coefficient (Wildman–Crippen LogP) is 3.94. The largest absolute Gasteiger partial charge is 0.342 e. The van der Waals surface area contributed by atoms with Crippen molar-refractivity contribution in [1.29, 1.82) is 0 Å². The van der Waals surface area contributed by atoms with E-state index in [4.69, 9.17) is 12.2 Å². The Kier molecular flexibility index (Phi) is 4.54. The SMILES string of the molecule is CCc1cccc2c(/C=C3/NC(=S)N(C)C3=O)cn(Cc3ccccc3)c12. The molecule has 0 atom stereocenters. The molecule has 0 saturated carbocycles. The van der Waals surface area contributed by atoms with Gasteiger partial charge in [0.1, 0.15) is 5.70 Å². The number of aromatic nitrogens is 1. The quantitative estimate of drug-likeness (QED) is 0.554. The summed E-state index contributed by atoms with van der Waals surface area (Å²) in [4.78, 5) is 13.8. The summed E-state index contributed by atoms with van der Waals surface area (Å²) in [6.07, 6.45) is 4.98. The zero-order valence-electron chi connectivity index (χ0n) is 15.4. The molecular weight excluding hydrogens is 354 g/mol. The molecule has 4 rings (SSSR count). The second-order valence-electron chi connectivity index (χ2n) is 6.72. The van der Waals surface area contributed by atoms with Crippen LogP contribution in [0.1, 0.15) is 23.6 Å². The molecule has 0 bridgehead atoms. The van der Waals surface area contributed by atoms with Crippen LogP contribution in [0.2, 0.25) is 0 Å². The summed E-state index contributed by atoms with van der Waals surface area (Å²) in [7, 11) is 1.69. The standard InChI is InChI=1S/C22H21N3OS/c1-3-16-10-7-11-18-17(12-19-21(26)24(2)22(27)23-19)14-25(20(16)18)13-15-8-5-4-6-9-15/h4-12,14H,3,13H2,1-2H3,(H,23,27)/b19-12+. The van der Waals surface area contributed by atoms with E-state index in [1.165, 1.54) is 21.5 Å². The summed E-state index contributed by atoms with van der Waals surface area (Å²) in [5, 5.41) is 4.60. The molecule has 1 aliphatic rings. The lowest BCUT2D eigenvalue weighted by Gasteiger charge is -2.08. The third-order valence-electron chi connectivity index (χ3n) is 4.97. The van der Waals surface area contributed by atoms with Gasteiger partial charge in [-0.3, -0.25) is 9.69 Å². The Morgan fingerprint density at radius 2 is 1.89 bits per heavy atom. The smallest absolute Gasteiger partial charge is 0.276 e. The Morgan fingerprint density at radius 1 is 1.11 bits per heavy atom. The molecule has 1 saturated heterocycles. The van der Waals surface area contributed by atoms with E-state index in [1.54, 1.807) is 7.05 Å². The minimum Gasteiger partial charge on any atom is -0.342 e. The van der Waals surface area contributed by atoms with Crippen molar-refractivity contribution in [2.24, 2.45) is 0 Å². The Balaban J connectivity index is 1.85. The van der Waals surface area contributed by atoms with Crippen LogP contribution >= 0.6 is 12.2 Å². The number of thiocarbonyl (C=S) groups is 1. The number of hydrogen-bond donors (Lipinski definition) is 1. The summed E-state index contributed by atoms with van der Waals surface area (Å²) >= 11 is 5.19. The molecule has 136 valence electrons. The fraction of sp³-hybridized carbons (Fsp3) is 0.182. The second-order valence-corrected chi connectivity index (χ2v) is 7.10. The van der Waals surface area contributed by atoms with Crippen LogP contribution in [0.4, 0.5) is 0 Å². The van der Waals surface area contributed by atoms with Crippen LogP contribution in [-0.2, 0) is 17.8 Å². The minimum absolute atomic E-state index is 0.101. The van der Waals surface area contributed by atoms with Gasteiger partial charge < -0.3 is 9.88 Å². The first-order valence-corrected chi connectivity index (χ1v) is 9.44. The number of rotatable bonds is 4. The fourth-order valence-corrected chi connectivity index (χ4v) is 3.74. The molecule has 1 aliphatic heterocycles. The normalized spacial score (nSPS) is 15.8. The van der Waals surface area contributed by atoms with E-state index in [-0.39, 0.29) is 5.91 Å². The maximum Gasteiger partial charge on any atom is 0.276 e. The number of amides is 1. The number of nitrogens with one attached hydrogen (secondary N) is 1. The van der Waals surface area contributed by atoms with Crippen molar-refractivity contribution in [1.82, 2.24) is 14.8 Å². The van der Waals surface area contributed by atoms with Crippen molar-refractivity contribution in [2.45, 2.75) is 19.9 Å². The molecule has 4 nitrogen and oxygen atoms in total. The molecule has 0 radical (unpaired) electrons. The van der Waals surface area contributed by atoms with E-state index >= 15 is 0 Å². The zero-order valence-corrected chi connectivity index (χ0v) is 16.2. The van der Waals surface area contributed by atoms with E-state index in [2.05, 4.69) is 65.5 Å². The molecule has 2 aromatic carbocycles. The summed E-state index contributed by atoms with van der Waals surface area (Å²) in [5.74, 6) is -0.101. The van der Waals surface area contributed by atoms with E-state index in [9.17, 15) is 4.79 Å². The van der Waals surface area contributed by atoms with Gasteiger partial charge in [-0.15, -0.1) is 0 Å². The molecule has 1 N–H and O–H groups in total. The van der Waals surface area contributed by atoms with Gasteiger partial charge in [0, 0.05) is 30.7 Å². The fourth-order valence-electron chi connectivity index (χ4n) is 3.55. The summed E-state index contributed by atoms with van der Waals surface area (Å²) in [6, 6.07) is 16.8. The monoisotopic (exact) mass is 375 g/mol. The highest BCUT2D eigenvalue weighted by Gasteiger charge is 2.27. The molecule has 3 aromatic rings. The van der Waals surface area contributed by atoms with Gasteiger partial charge in [0.2, 0.25) is 0 Å². The van der Waals surface area contributed by atoms with Crippen molar-refractivity contribution < 1.29 is 4.79 Å². The molecule has 0 spiro atoms. The Morgan fingerprint density at radius 3 is 2.56 bits per heavy atom. The van der Waals surface area contributed by atoms with Gasteiger partial charge in [-0.2, -0.15) is 0 Å². The van der Waals surface area contributed by atoms with Crippen molar-refractivity contribution in [3.63, 3.8) is 0 Å². The highest BCUT2D eigenvalue weighted by Crippen LogP contribution is 2.28. The lowest BCUT2D eigenvalue weighted by molar-refractivity contribution is -0.121. The van der Waals surface area contributed by atoms with E-state index in [0.717, 1.165) is 23.9 Å². The lowest BCUT2D eigenvalue weighted by Crippen LogP contribution is -2.25. The number of likely N-dealkylation sites (N-methyl/N-ethyl adjacent to an activating group) is 1. The van der Waals surface area contributed by atoms with Crippen molar-refractivity contribution in [3.8, 4) is 0 Å². The van der Waals surface area contributed by atoms with E-state index < -0.39 is 0 Å². The third kappa shape index (κ3) is 3.15. The van der Waals surface area contributed by atoms with Crippen molar-refractivity contribution in [3.05, 3.63) is 77.1 Å². The average molecular weight is 375 g/mol. The Hall–Kier alpha value is -2.92. The average Bonchev–Trinajstić information content (AvgIpc) is 3.15. The van der Waals surface area contributed by atoms with Crippen LogP contribution in [0.25, 0.3) is 17.0 Å². The highest BCUT2D eigenvalue weighted by molar-refractivity contribution is 7.80. The van der Waals surface area contributed by atoms with Crippen molar-refractivity contribution in [2.75, 3.05) is 7.05 Å². The number of para-hydroxylation sites is 1. The van der Waals surface area contributed by atoms with Crippen LogP contribution < -0.4 is 5.32 Å². The molecule has 0 aliphatic carbocycles. The van der Waals surface area contributed by atoms with Gasteiger partial charge in [-0.1, -0.05) is 55.5 Å². The van der Waals surface area contributed by atoms with Crippen LogP contribution in [0.15, 0.2) is 60.4 Å². The summed E-state index contributed by atoms with van der Waals surface area (Å²) < 4.78 is 2.28.